The Morgan fingerprint density at radius 2 is 2.04 bits per heavy atom. The molecule has 0 N–H and O–H groups in total. The van der Waals surface area contributed by atoms with E-state index in [-0.39, 0.29) is 16.6 Å². The Kier molecular flexibility index (Phi) is 3.34. The third kappa shape index (κ3) is 1.95. The minimum Gasteiger partial charge on any atom is -0.299 e. The van der Waals surface area contributed by atoms with Crippen LogP contribution in [0.5, 0.6) is 0 Å². The van der Waals surface area contributed by atoms with E-state index in [2.05, 4.69) is 18.9 Å². The molecule has 0 aromatic carbocycles. The van der Waals surface area contributed by atoms with Gasteiger partial charge in [0.05, 0.1) is 0 Å². The van der Waals surface area contributed by atoms with Crippen molar-refractivity contribution in [3.63, 3.8) is 0 Å². The summed E-state index contributed by atoms with van der Waals surface area (Å²) in [6, 6.07) is 0. The summed E-state index contributed by atoms with van der Waals surface area (Å²) in [4.78, 5) is 24.4. The molecule has 3 fully saturated rings. The Morgan fingerprint density at radius 1 is 1.22 bits per heavy atom. The molecule has 0 bridgehead atoms. The summed E-state index contributed by atoms with van der Waals surface area (Å²) >= 11 is 0. The molecule has 0 saturated heterocycles. The zero-order chi connectivity index (χ0) is 16.2. The average Bonchev–Trinajstić information content (AvgIpc) is 2.84. The van der Waals surface area contributed by atoms with Gasteiger partial charge in [-0.25, -0.2) is 0 Å². The van der Waals surface area contributed by atoms with E-state index >= 15 is 0 Å². The molecule has 2 nitrogen and oxygen atoms in total. The van der Waals surface area contributed by atoms with Crippen LogP contribution in [0.4, 0.5) is 0 Å². The normalized spacial score (nSPS) is 48.3. The van der Waals surface area contributed by atoms with Crippen molar-refractivity contribution in [1.29, 1.82) is 0 Å². The summed E-state index contributed by atoms with van der Waals surface area (Å²) in [5, 5.41) is 0. The largest absolute Gasteiger partial charge is 0.299 e. The molecule has 4 aliphatic rings. The topological polar surface area (TPSA) is 34.1 Å². The highest BCUT2D eigenvalue weighted by atomic mass is 16.1. The second-order valence-electron chi connectivity index (χ2n) is 8.57. The van der Waals surface area contributed by atoms with E-state index in [1.807, 2.05) is 0 Å². The van der Waals surface area contributed by atoms with Crippen LogP contribution in [-0.2, 0) is 9.59 Å². The molecule has 4 aliphatic carbocycles. The van der Waals surface area contributed by atoms with Gasteiger partial charge in [-0.05, 0) is 61.9 Å². The van der Waals surface area contributed by atoms with Crippen molar-refractivity contribution in [2.75, 3.05) is 0 Å². The highest BCUT2D eigenvalue weighted by Crippen LogP contribution is 2.65. The third-order valence-corrected chi connectivity index (χ3v) is 7.88. The van der Waals surface area contributed by atoms with Crippen LogP contribution in [0.25, 0.3) is 0 Å². The van der Waals surface area contributed by atoms with E-state index in [4.69, 9.17) is 6.42 Å². The maximum Gasteiger partial charge on any atom is 0.155 e. The molecule has 0 aromatic rings. The molecule has 6 atom stereocenters. The predicted octanol–water partition coefficient (Wildman–Crippen LogP) is 3.95. The van der Waals surface area contributed by atoms with Crippen molar-refractivity contribution in [1.82, 2.24) is 0 Å². The first-order valence-electron chi connectivity index (χ1n) is 9.20. The Bertz CT molecular complexity index is 624. The summed E-state index contributed by atoms with van der Waals surface area (Å²) < 4.78 is 0. The first-order chi connectivity index (χ1) is 11.0. The summed E-state index contributed by atoms with van der Waals surface area (Å²) in [6.07, 6.45) is 17.4. The minimum atomic E-state index is -0.0838. The molecule has 0 spiro atoms. The molecule has 4 rings (SSSR count). The lowest BCUT2D eigenvalue weighted by molar-refractivity contribution is -0.135. The lowest BCUT2D eigenvalue weighted by atomic mass is 9.45. The first kappa shape index (κ1) is 15.2. The number of hydrogen-bond acceptors (Lipinski definition) is 2. The second-order valence-corrected chi connectivity index (χ2v) is 8.57. The van der Waals surface area contributed by atoms with Crippen LogP contribution in [0.1, 0.15) is 58.3 Å². The smallest absolute Gasteiger partial charge is 0.155 e. The zero-order valence-corrected chi connectivity index (χ0v) is 14.0. The molecular weight excluding hydrogens is 284 g/mol. The number of hydrogen-bond donors (Lipinski definition) is 0. The number of Topliss-reactive ketones (excluding diaryl/α,β-unsaturated/α-hetero) is 1. The van der Waals surface area contributed by atoms with Gasteiger partial charge in [-0.2, -0.15) is 0 Å². The van der Waals surface area contributed by atoms with Crippen molar-refractivity contribution in [3.8, 4) is 12.3 Å². The van der Waals surface area contributed by atoms with Crippen LogP contribution in [0.2, 0.25) is 0 Å². The number of allylic oxidation sites excluding steroid dienone is 2. The molecule has 2 heteroatoms. The fourth-order valence-electron chi connectivity index (χ4n) is 6.72. The van der Waals surface area contributed by atoms with Crippen molar-refractivity contribution in [2.45, 2.75) is 58.3 Å². The fourth-order valence-corrected chi connectivity index (χ4v) is 6.72. The van der Waals surface area contributed by atoms with Gasteiger partial charge < -0.3 is 0 Å². The molecule has 0 aliphatic heterocycles. The average molecular weight is 310 g/mol. The number of rotatable bonds is 1. The Labute approximate surface area is 139 Å². The van der Waals surface area contributed by atoms with Crippen LogP contribution >= 0.6 is 0 Å². The number of fused-ring (bicyclic) bond motifs is 5. The van der Waals surface area contributed by atoms with Gasteiger partial charge >= 0.3 is 0 Å². The molecule has 0 radical (unpaired) electrons. The van der Waals surface area contributed by atoms with Gasteiger partial charge in [0.1, 0.15) is 5.78 Å². The zero-order valence-electron chi connectivity index (χ0n) is 14.0. The Balaban J connectivity index is 1.74. The summed E-state index contributed by atoms with van der Waals surface area (Å²) in [5.41, 5.74) is -0.0713. The summed E-state index contributed by atoms with van der Waals surface area (Å²) in [7, 11) is 0. The number of carbonyl (C=O) groups excluding carboxylic acids is 2. The molecule has 1 unspecified atom stereocenters. The maximum atomic E-state index is 12.4. The quantitative estimate of drug-likeness (QED) is 0.687. The van der Waals surface area contributed by atoms with Crippen LogP contribution in [-0.4, -0.2) is 11.6 Å². The Hall–Kier alpha value is -1.36. The van der Waals surface area contributed by atoms with Crippen LogP contribution in [0.3, 0.4) is 0 Å². The second kappa shape index (κ2) is 5.07. The fraction of sp³-hybridized carbons (Fsp3) is 0.714. The molecule has 0 heterocycles. The van der Waals surface area contributed by atoms with Crippen LogP contribution in [0.15, 0.2) is 12.2 Å². The predicted molar refractivity (Wildman–Crippen MR) is 89.4 cm³/mol. The van der Waals surface area contributed by atoms with E-state index in [9.17, 15) is 9.59 Å². The van der Waals surface area contributed by atoms with Crippen LogP contribution < -0.4 is 0 Å². The maximum absolute atomic E-state index is 12.4. The van der Waals surface area contributed by atoms with E-state index in [0.717, 1.165) is 38.5 Å². The van der Waals surface area contributed by atoms with Gasteiger partial charge in [0.25, 0.3) is 0 Å². The van der Waals surface area contributed by atoms with Gasteiger partial charge in [-0.15, -0.1) is 12.3 Å². The lowest BCUT2D eigenvalue weighted by Crippen LogP contribution is -2.53. The van der Waals surface area contributed by atoms with Crippen molar-refractivity contribution < 1.29 is 9.59 Å². The van der Waals surface area contributed by atoms with Gasteiger partial charge in [-0.3, -0.25) is 9.59 Å². The van der Waals surface area contributed by atoms with Crippen LogP contribution in [0, 0.1) is 46.8 Å². The van der Waals surface area contributed by atoms with Crippen molar-refractivity contribution in [2.24, 2.45) is 34.5 Å². The number of terminal acetylenes is 1. The third-order valence-electron chi connectivity index (χ3n) is 7.88. The monoisotopic (exact) mass is 310 g/mol. The standard InChI is InChI=1S/C21H26O2/c1-3-10-21-12-8-15(22)13-14(21)4-5-16-17-6-7-19(23)20(17,2)11-9-18(16)21/h1,8,12,14,16-18H,4-7,9-11,13H2,2H3/t14?,16-,17-,18+,20-,21-/m0/s1. The first-order valence-corrected chi connectivity index (χ1v) is 9.20. The highest BCUT2D eigenvalue weighted by Gasteiger charge is 2.60. The molecule has 0 aromatic heterocycles. The van der Waals surface area contributed by atoms with E-state index in [0.29, 0.717) is 35.9 Å². The van der Waals surface area contributed by atoms with Gasteiger partial charge in [0, 0.05) is 30.1 Å². The molecule has 23 heavy (non-hydrogen) atoms. The molecule has 3 saturated carbocycles. The summed E-state index contributed by atoms with van der Waals surface area (Å²) in [6.45, 7) is 2.21. The lowest BCUT2D eigenvalue weighted by Gasteiger charge is -2.58. The summed E-state index contributed by atoms with van der Waals surface area (Å²) in [5.74, 6) is 5.80. The SMILES string of the molecule is C#CC[C@]12C=CC(=O)CC1CC[C@@H]1[C@H]2CC[C@]2(C)C(=O)CC[C@@H]12. The molecular formula is C21H26O2. The molecule has 122 valence electrons. The van der Waals surface area contributed by atoms with Gasteiger partial charge in [-0.1, -0.05) is 13.0 Å². The van der Waals surface area contributed by atoms with Gasteiger partial charge in [0.15, 0.2) is 5.78 Å². The van der Waals surface area contributed by atoms with Crippen molar-refractivity contribution >= 4 is 11.6 Å². The van der Waals surface area contributed by atoms with E-state index in [1.54, 1.807) is 6.08 Å². The van der Waals surface area contributed by atoms with Gasteiger partial charge in [0.2, 0.25) is 0 Å². The Morgan fingerprint density at radius 3 is 2.83 bits per heavy atom. The van der Waals surface area contributed by atoms with Crippen molar-refractivity contribution in [3.05, 3.63) is 12.2 Å². The van der Waals surface area contributed by atoms with E-state index < -0.39 is 0 Å². The number of carbonyl (C=O) groups is 2. The minimum absolute atomic E-state index is 0.0124. The molecule has 0 amide bonds. The highest BCUT2D eigenvalue weighted by molar-refractivity contribution is 5.91. The number of ketones is 2. The van der Waals surface area contributed by atoms with E-state index in [1.165, 1.54) is 6.42 Å².